The van der Waals surface area contributed by atoms with E-state index in [9.17, 15) is 4.79 Å². The van der Waals surface area contributed by atoms with E-state index in [4.69, 9.17) is 13.9 Å². The number of para-hydroxylation sites is 4. The summed E-state index contributed by atoms with van der Waals surface area (Å²) in [5, 5.41) is 7.60. The molecule has 4 aromatic rings. The maximum Gasteiger partial charge on any atom is 0.257 e. The summed E-state index contributed by atoms with van der Waals surface area (Å²) in [6.45, 7) is 0.960. The standard InChI is InChI=1S/C21H18N4O4S/c26-20(13-30-21-24-16-5-1-2-6-17(16)29-21)23-14-9-22-25(10-14)11-15-12-27-18-7-3-4-8-19(18)28-15/h1-10,15H,11-13H2,(H,23,26)/t15-/m0/s1. The maximum atomic E-state index is 12.3. The summed E-state index contributed by atoms with van der Waals surface area (Å²) in [6.07, 6.45) is 3.23. The number of carbonyl (C=O) groups is 1. The Hall–Kier alpha value is -3.46. The topological polar surface area (TPSA) is 91.4 Å². The third kappa shape index (κ3) is 4.11. The zero-order valence-corrected chi connectivity index (χ0v) is 16.7. The first-order chi connectivity index (χ1) is 14.7. The van der Waals surface area contributed by atoms with Gasteiger partial charge < -0.3 is 19.2 Å². The zero-order chi connectivity index (χ0) is 20.3. The van der Waals surface area contributed by atoms with Crippen molar-refractivity contribution >= 4 is 34.5 Å². The van der Waals surface area contributed by atoms with Gasteiger partial charge >= 0.3 is 0 Å². The molecular formula is C21H18N4O4S. The van der Waals surface area contributed by atoms with Crippen LogP contribution in [0.3, 0.4) is 0 Å². The van der Waals surface area contributed by atoms with Gasteiger partial charge in [0, 0.05) is 6.20 Å². The van der Waals surface area contributed by atoms with Crippen LogP contribution < -0.4 is 14.8 Å². The number of oxazole rings is 1. The summed E-state index contributed by atoms with van der Waals surface area (Å²) >= 11 is 1.25. The minimum absolute atomic E-state index is 0.155. The SMILES string of the molecule is O=C(CSc1nc2ccccc2o1)Nc1cnn(C[C@H]2COc3ccccc3O2)c1. The second kappa shape index (κ2) is 8.11. The Morgan fingerprint density at radius 3 is 2.90 bits per heavy atom. The van der Waals surface area contributed by atoms with Gasteiger partial charge in [0.05, 0.1) is 24.2 Å². The van der Waals surface area contributed by atoms with Crippen LogP contribution in [0.25, 0.3) is 11.1 Å². The van der Waals surface area contributed by atoms with Crippen molar-refractivity contribution in [3.63, 3.8) is 0 Å². The molecule has 0 radical (unpaired) electrons. The highest BCUT2D eigenvalue weighted by atomic mass is 32.2. The summed E-state index contributed by atoms with van der Waals surface area (Å²) in [4.78, 5) is 16.6. The number of hydrogen-bond acceptors (Lipinski definition) is 7. The molecule has 0 saturated carbocycles. The van der Waals surface area contributed by atoms with E-state index in [-0.39, 0.29) is 17.8 Å². The van der Waals surface area contributed by atoms with E-state index in [1.54, 1.807) is 17.1 Å². The molecule has 0 fully saturated rings. The van der Waals surface area contributed by atoms with E-state index >= 15 is 0 Å². The van der Waals surface area contributed by atoms with Crippen LogP contribution in [0.2, 0.25) is 0 Å². The average Bonchev–Trinajstić information content (AvgIpc) is 3.38. The summed E-state index contributed by atoms with van der Waals surface area (Å²) < 4.78 is 19.0. The lowest BCUT2D eigenvalue weighted by molar-refractivity contribution is -0.113. The Kier molecular flexibility index (Phi) is 5.02. The lowest BCUT2D eigenvalue weighted by atomic mass is 10.2. The molecule has 0 saturated heterocycles. The normalized spacial score (nSPS) is 15.3. The van der Waals surface area contributed by atoms with Crippen molar-refractivity contribution in [2.24, 2.45) is 0 Å². The lowest BCUT2D eigenvalue weighted by Crippen LogP contribution is -2.33. The van der Waals surface area contributed by atoms with E-state index in [1.165, 1.54) is 11.8 Å². The molecule has 1 atom stereocenters. The van der Waals surface area contributed by atoms with Gasteiger partial charge in [-0.1, -0.05) is 36.0 Å². The number of ether oxygens (including phenoxy) is 2. The van der Waals surface area contributed by atoms with Crippen LogP contribution in [0.15, 0.2) is 70.6 Å². The first kappa shape index (κ1) is 18.6. The Morgan fingerprint density at radius 2 is 2.00 bits per heavy atom. The van der Waals surface area contributed by atoms with Crippen LogP contribution >= 0.6 is 11.8 Å². The van der Waals surface area contributed by atoms with Gasteiger partial charge in [0.1, 0.15) is 12.1 Å². The number of benzene rings is 2. The molecule has 0 spiro atoms. The molecule has 2 aromatic carbocycles. The second-order valence-corrected chi connectivity index (χ2v) is 7.66. The van der Waals surface area contributed by atoms with Crippen LogP contribution in [0, 0.1) is 0 Å². The minimum atomic E-state index is -0.159. The van der Waals surface area contributed by atoms with Crippen LogP contribution in [0.1, 0.15) is 0 Å². The molecule has 0 bridgehead atoms. The second-order valence-electron chi connectivity index (χ2n) is 6.73. The Labute approximate surface area is 176 Å². The summed E-state index contributed by atoms with van der Waals surface area (Å²) in [7, 11) is 0. The van der Waals surface area contributed by atoms with Gasteiger partial charge in [0.15, 0.2) is 23.2 Å². The highest BCUT2D eigenvalue weighted by Gasteiger charge is 2.21. The Morgan fingerprint density at radius 1 is 1.17 bits per heavy atom. The predicted octanol–water partition coefficient (Wildman–Crippen LogP) is 3.60. The number of nitrogens with zero attached hydrogens (tertiary/aromatic N) is 3. The molecule has 1 amide bonds. The number of anilines is 1. The van der Waals surface area contributed by atoms with Crippen molar-refractivity contribution in [2.75, 3.05) is 17.7 Å². The molecule has 0 unspecified atom stereocenters. The number of hydrogen-bond donors (Lipinski definition) is 1. The van der Waals surface area contributed by atoms with Gasteiger partial charge in [0.25, 0.3) is 5.22 Å². The fraction of sp³-hybridized carbons (Fsp3) is 0.190. The van der Waals surface area contributed by atoms with E-state index in [0.29, 0.717) is 29.6 Å². The van der Waals surface area contributed by atoms with Crippen LogP contribution in [0.5, 0.6) is 11.5 Å². The molecule has 1 aliphatic rings. The van der Waals surface area contributed by atoms with E-state index in [0.717, 1.165) is 17.0 Å². The third-order valence-corrected chi connectivity index (χ3v) is 5.30. The first-order valence-electron chi connectivity index (χ1n) is 9.42. The van der Waals surface area contributed by atoms with Crippen molar-refractivity contribution in [3.8, 4) is 11.5 Å². The molecule has 152 valence electrons. The van der Waals surface area contributed by atoms with Gasteiger partial charge in [-0.2, -0.15) is 5.10 Å². The monoisotopic (exact) mass is 422 g/mol. The van der Waals surface area contributed by atoms with E-state index < -0.39 is 0 Å². The van der Waals surface area contributed by atoms with Crippen molar-refractivity contribution in [1.82, 2.24) is 14.8 Å². The number of amides is 1. The summed E-state index contributed by atoms with van der Waals surface area (Å²) in [6, 6.07) is 15.1. The fourth-order valence-electron chi connectivity index (χ4n) is 3.13. The molecule has 30 heavy (non-hydrogen) atoms. The van der Waals surface area contributed by atoms with Crippen molar-refractivity contribution in [1.29, 1.82) is 0 Å². The molecule has 9 heteroatoms. The van der Waals surface area contributed by atoms with Crippen molar-refractivity contribution in [2.45, 2.75) is 17.9 Å². The minimum Gasteiger partial charge on any atom is -0.486 e. The van der Waals surface area contributed by atoms with Gasteiger partial charge in [-0.15, -0.1) is 0 Å². The largest absolute Gasteiger partial charge is 0.486 e. The summed E-state index contributed by atoms with van der Waals surface area (Å²) in [5.41, 5.74) is 2.10. The van der Waals surface area contributed by atoms with E-state index in [2.05, 4.69) is 15.4 Å². The van der Waals surface area contributed by atoms with Crippen LogP contribution in [-0.4, -0.2) is 39.1 Å². The van der Waals surface area contributed by atoms with Gasteiger partial charge in [-0.3, -0.25) is 9.48 Å². The quantitative estimate of drug-likeness (QED) is 0.475. The van der Waals surface area contributed by atoms with Gasteiger partial charge in [-0.05, 0) is 24.3 Å². The molecule has 1 N–H and O–H groups in total. The lowest BCUT2D eigenvalue weighted by Gasteiger charge is -2.26. The van der Waals surface area contributed by atoms with E-state index in [1.807, 2.05) is 48.5 Å². The molecular weight excluding hydrogens is 404 g/mol. The number of carbonyl (C=O) groups excluding carboxylic acids is 1. The third-order valence-electron chi connectivity index (χ3n) is 4.48. The predicted molar refractivity (Wildman–Crippen MR) is 112 cm³/mol. The highest BCUT2D eigenvalue weighted by Crippen LogP contribution is 2.31. The molecule has 5 rings (SSSR count). The smallest absolute Gasteiger partial charge is 0.257 e. The number of aromatic nitrogens is 3. The van der Waals surface area contributed by atoms with Gasteiger partial charge in [-0.25, -0.2) is 4.98 Å². The first-order valence-corrected chi connectivity index (χ1v) is 10.4. The van der Waals surface area contributed by atoms with Crippen LogP contribution in [0.4, 0.5) is 5.69 Å². The Balaban J connectivity index is 1.13. The molecule has 0 aliphatic carbocycles. The van der Waals surface area contributed by atoms with Crippen molar-refractivity contribution in [3.05, 3.63) is 60.9 Å². The average molecular weight is 422 g/mol. The number of rotatable bonds is 6. The molecule has 1 aliphatic heterocycles. The molecule has 3 heterocycles. The molecule has 8 nitrogen and oxygen atoms in total. The number of fused-ring (bicyclic) bond motifs is 2. The molecule has 2 aromatic heterocycles. The number of nitrogens with one attached hydrogen (secondary N) is 1. The zero-order valence-electron chi connectivity index (χ0n) is 15.9. The van der Waals surface area contributed by atoms with Crippen LogP contribution in [-0.2, 0) is 11.3 Å². The highest BCUT2D eigenvalue weighted by molar-refractivity contribution is 7.99. The fourth-order valence-corrected chi connectivity index (χ4v) is 3.77. The van der Waals surface area contributed by atoms with Crippen molar-refractivity contribution < 1.29 is 18.7 Å². The number of thioether (sulfide) groups is 1. The Bertz CT molecular complexity index is 1160. The van der Waals surface area contributed by atoms with Gasteiger partial charge in [0.2, 0.25) is 5.91 Å². The summed E-state index contributed by atoms with van der Waals surface area (Å²) in [5.74, 6) is 1.51. The maximum absolute atomic E-state index is 12.3.